The average Bonchev–Trinajstić information content (AvgIpc) is 2.28. The minimum absolute atomic E-state index is 0.0213. The maximum atomic E-state index is 11.3. The fourth-order valence-electron chi connectivity index (χ4n) is 1.76. The zero-order chi connectivity index (χ0) is 11.5. The number of nitrogens with one attached hydrogen (secondary N) is 1. The smallest absolute Gasteiger partial charge is 0.239 e. The van der Waals surface area contributed by atoms with E-state index in [9.17, 15) is 4.79 Å². The van der Waals surface area contributed by atoms with E-state index in [1.807, 2.05) is 4.90 Å². The molecule has 1 aromatic rings. The molecule has 1 aromatic carbocycles. The van der Waals surface area contributed by atoms with E-state index in [0.29, 0.717) is 30.9 Å². The highest BCUT2D eigenvalue weighted by Crippen LogP contribution is 2.22. The van der Waals surface area contributed by atoms with Gasteiger partial charge in [-0.25, -0.2) is 0 Å². The lowest BCUT2D eigenvalue weighted by Crippen LogP contribution is -2.47. The third-order valence-electron chi connectivity index (χ3n) is 2.52. The van der Waals surface area contributed by atoms with Crippen LogP contribution in [0.1, 0.15) is 5.56 Å². The molecule has 0 spiro atoms. The van der Waals surface area contributed by atoms with E-state index in [0.717, 1.165) is 5.69 Å². The minimum atomic E-state index is -0.0213. The molecule has 1 fully saturated rings. The SMILES string of the molecule is N#Cc1cc(N)ccc1N1CCNC(=O)C1. The first-order chi connectivity index (χ1) is 7.70. The van der Waals surface area contributed by atoms with Gasteiger partial charge < -0.3 is 16.0 Å². The Balaban J connectivity index is 2.32. The molecular weight excluding hydrogens is 204 g/mol. The van der Waals surface area contributed by atoms with Crippen LogP contribution >= 0.6 is 0 Å². The molecular formula is C11H12N4O. The number of hydrogen-bond acceptors (Lipinski definition) is 4. The van der Waals surface area contributed by atoms with Crippen molar-refractivity contribution >= 4 is 17.3 Å². The highest BCUT2D eigenvalue weighted by molar-refractivity contribution is 5.83. The van der Waals surface area contributed by atoms with Gasteiger partial charge in [0.1, 0.15) is 6.07 Å². The summed E-state index contributed by atoms with van der Waals surface area (Å²) in [5, 5.41) is 11.7. The van der Waals surface area contributed by atoms with Gasteiger partial charge in [0.2, 0.25) is 5.91 Å². The molecule has 1 saturated heterocycles. The van der Waals surface area contributed by atoms with Gasteiger partial charge in [0, 0.05) is 18.8 Å². The van der Waals surface area contributed by atoms with Crippen LogP contribution in [-0.4, -0.2) is 25.5 Å². The molecule has 2 rings (SSSR count). The molecule has 3 N–H and O–H groups in total. The number of nitrogens with two attached hydrogens (primary N) is 1. The van der Waals surface area contributed by atoms with E-state index in [1.54, 1.807) is 18.2 Å². The lowest BCUT2D eigenvalue weighted by atomic mass is 10.1. The van der Waals surface area contributed by atoms with Gasteiger partial charge in [0.25, 0.3) is 0 Å². The molecule has 0 atom stereocenters. The average molecular weight is 216 g/mol. The van der Waals surface area contributed by atoms with Gasteiger partial charge in [-0.1, -0.05) is 0 Å². The Kier molecular flexibility index (Phi) is 2.64. The van der Waals surface area contributed by atoms with Gasteiger partial charge in [0.05, 0.1) is 17.8 Å². The second-order valence-corrected chi connectivity index (χ2v) is 3.66. The van der Waals surface area contributed by atoms with Crippen molar-refractivity contribution in [2.45, 2.75) is 0 Å². The molecule has 0 aromatic heterocycles. The molecule has 5 heteroatoms. The Morgan fingerprint density at radius 2 is 2.31 bits per heavy atom. The van der Waals surface area contributed by atoms with E-state index in [-0.39, 0.29) is 5.91 Å². The predicted molar refractivity (Wildman–Crippen MR) is 60.8 cm³/mol. The van der Waals surface area contributed by atoms with Crippen LogP contribution < -0.4 is 16.0 Å². The summed E-state index contributed by atoms with van der Waals surface area (Å²) in [6, 6.07) is 7.24. The Labute approximate surface area is 93.5 Å². The number of nitrogen functional groups attached to an aromatic ring is 1. The highest BCUT2D eigenvalue weighted by Gasteiger charge is 2.18. The number of amides is 1. The van der Waals surface area contributed by atoms with E-state index in [4.69, 9.17) is 11.0 Å². The normalized spacial score (nSPS) is 15.4. The number of nitrogens with zero attached hydrogens (tertiary/aromatic N) is 2. The maximum Gasteiger partial charge on any atom is 0.239 e. The number of carbonyl (C=O) groups is 1. The molecule has 0 saturated carbocycles. The first kappa shape index (κ1) is 10.3. The van der Waals surface area contributed by atoms with Crippen molar-refractivity contribution in [2.75, 3.05) is 30.3 Å². The van der Waals surface area contributed by atoms with Crippen LogP contribution in [0.5, 0.6) is 0 Å². The third kappa shape index (κ3) is 1.91. The van der Waals surface area contributed by atoms with Crippen molar-refractivity contribution in [3.05, 3.63) is 23.8 Å². The van der Waals surface area contributed by atoms with E-state index >= 15 is 0 Å². The van der Waals surface area contributed by atoms with Gasteiger partial charge in [-0.2, -0.15) is 5.26 Å². The highest BCUT2D eigenvalue weighted by atomic mass is 16.2. The van der Waals surface area contributed by atoms with Gasteiger partial charge in [-0.05, 0) is 18.2 Å². The predicted octanol–water partition coefficient (Wildman–Crippen LogP) is 0.0767. The summed E-state index contributed by atoms with van der Waals surface area (Å²) >= 11 is 0. The van der Waals surface area contributed by atoms with Crippen LogP contribution in [-0.2, 0) is 4.79 Å². The zero-order valence-electron chi connectivity index (χ0n) is 8.73. The third-order valence-corrected chi connectivity index (χ3v) is 2.52. The first-order valence-electron chi connectivity index (χ1n) is 5.02. The minimum Gasteiger partial charge on any atom is -0.399 e. The molecule has 0 unspecified atom stereocenters. The van der Waals surface area contributed by atoms with Gasteiger partial charge in [0.15, 0.2) is 0 Å². The molecule has 16 heavy (non-hydrogen) atoms. The number of rotatable bonds is 1. The second kappa shape index (κ2) is 4.11. The summed E-state index contributed by atoms with van der Waals surface area (Å²) in [4.78, 5) is 13.1. The molecule has 1 aliphatic rings. The second-order valence-electron chi connectivity index (χ2n) is 3.66. The first-order valence-corrected chi connectivity index (χ1v) is 5.02. The Bertz CT molecular complexity index is 464. The molecule has 0 bridgehead atoms. The zero-order valence-corrected chi connectivity index (χ0v) is 8.73. The number of carbonyl (C=O) groups excluding carboxylic acids is 1. The van der Waals surface area contributed by atoms with Crippen LogP contribution in [0, 0.1) is 11.3 Å². The molecule has 1 heterocycles. The standard InChI is InChI=1S/C11H12N4O/c12-6-8-5-9(13)1-2-10(8)15-4-3-14-11(16)7-15/h1-2,5H,3-4,7,13H2,(H,14,16). The molecule has 5 nitrogen and oxygen atoms in total. The number of nitriles is 1. The van der Waals surface area contributed by atoms with Crippen molar-refractivity contribution in [2.24, 2.45) is 0 Å². The van der Waals surface area contributed by atoms with Crippen molar-refractivity contribution in [3.8, 4) is 6.07 Å². The van der Waals surface area contributed by atoms with Crippen LogP contribution in [0.15, 0.2) is 18.2 Å². The summed E-state index contributed by atoms with van der Waals surface area (Å²) in [6.07, 6.45) is 0. The topological polar surface area (TPSA) is 82.2 Å². The molecule has 0 radical (unpaired) electrons. The lowest BCUT2D eigenvalue weighted by molar-refractivity contribution is -0.120. The Hall–Kier alpha value is -2.22. The Morgan fingerprint density at radius 1 is 1.50 bits per heavy atom. The number of benzene rings is 1. The van der Waals surface area contributed by atoms with Gasteiger partial charge >= 0.3 is 0 Å². The summed E-state index contributed by atoms with van der Waals surface area (Å²) in [5.74, 6) is -0.0213. The van der Waals surface area contributed by atoms with E-state index < -0.39 is 0 Å². The maximum absolute atomic E-state index is 11.3. The fraction of sp³-hybridized carbons (Fsp3) is 0.273. The number of anilines is 2. The van der Waals surface area contributed by atoms with Gasteiger partial charge in [-0.3, -0.25) is 4.79 Å². The van der Waals surface area contributed by atoms with Crippen molar-refractivity contribution in [1.82, 2.24) is 5.32 Å². The quantitative estimate of drug-likeness (QED) is 0.651. The van der Waals surface area contributed by atoms with Gasteiger partial charge in [-0.15, -0.1) is 0 Å². The van der Waals surface area contributed by atoms with E-state index in [2.05, 4.69) is 11.4 Å². The van der Waals surface area contributed by atoms with Crippen LogP contribution in [0.4, 0.5) is 11.4 Å². The van der Waals surface area contributed by atoms with E-state index in [1.165, 1.54) is 0 Å². The number of piperazine rings is 1. The van der Waals surface area contributed by atoms with Crippen LogP contribution in [0.3, 0.4) is 0 Å². The largest absolute Gasteiger partial charge is 0.399 e. The fourth-order valence-corrected chi connectivity index (χ4v) is 1.76. The van der Waals surface area contributed by atoms with Crippen molar-refractivity contribution < 1.29 is 4.79 Å². The summed E-state index contributed by atoms with van der Waals surface area (Å²) in [6.45, 7) is 1.61. The molecule has 1 aliphatic heterocycles. The van der Waals surface area contributed by atoms with Crippen molar-refractivity contribution in [1.29, 1.82) is 5.26 Å². The van der Waals surface area contributed by atoms with Crippen LogP contribution in [0.2, 0.25) is 0 Å². The molecule has 82 valence electrons. The van der Waals surface area contributed by atoms with Crippen LogP contribution in [0.25, 0.3) is 0 Å². The summed E-state index contributed by atoms with van der Waals surface area (Å²) in [7, 11) is 0. The van der Waals surface area contributed by atoms with Crippen molar-refractivity contribution in [3.63, 3.8) is 0 Å². The molecule has 1 amide bonds. The Morgan fingerprint density at radius 3 is 3.00 bits per heavy atom. The molecule has 0 aliphatic carbocycles. The summed E-state index contributed by atoms with van der Waals surface area (Å²) < 4.78 is 0. The number of hydrogen-bond donors (Lipinski definition) is 2. The lowest BCUT2D eigenvalue weighted by Gasteiger charge is -2.29. The summed E-state index contributed by atoms with van der Waals surface area (Å²) in [5.41, 5.74) is 7.45. The monoisotopic (exact) mass is 216 g/mol.